The highest BCUT2D eigenvalue weighted by Crippen LogP contribution is 2.31. The number of likely N-dealkylation sites (tertiary alicyclic amines) is 1. The van der Waals surface area contributed by atoms with Gasteiger partial charge in [-0.15, -0.1) is 0 Å². The Balaban J connectivity index is 1.41. The molecule has 0 aromatic heterocycles. The number of carbonyl (C=O) groups excluding carboxylic acids is 2. The molecule has 6 heteroatoms. The van der Waals surface area contributed by atoms with Gasteiger partial charge < -0.3 is 10.1 Å². The number of nitrogens with zero attached hydrogens (tertiary/aromatic N) is 2. The summed E-state index contributed by atoms with van der Waals surface area (Å²) in [6.07, 6.45) is 1.28. The summed E-state index contributed by atoms with van der Waals surface area (Å²) >= 11 is 0. The van der Waals surface area contributed by atoms with E-state index in [2.05, 4.69) is 22.3 Å². The fourth-order valence-corrected chi connectivity index (χ4v) is 4.05. The van der Waals surface area contributed by atoms with Crippen LogP contribution in [-0.2, 0) is 17.9 Å². The van der Waals surface area contributed by atoms with Crippen LogP contribution in [0.2, 0.25) is 0 Å². The van der Waals surface area contributed by atoms with E-state index in [1.54, 1.807) is 7.11 Å². The lowest BCUT2D eigenvalue weighted by atomic mass is 9.87. The molecule has 0 saturated carbocycles. The maximum Gasteiger partial charge on any atom is 0.325 e. The number of carbonyl (C=O) groups is 2. The predicted octanol–water partition coefficient (Wildman–Crippen LogP) is 2.78. The third-order valence-electron chi connectivity index (χ3n) is 5.68. The van der Waals surface area contributed by atoms with Crippen molar-refractivity contribution < 1.29 is 14.3 Å². The van der Waals surface area contributed by atoms with Gasteiger partial charge in [-0.25, -0.2) is 4.79 Å². The second-order valence-corrected chi connectivity index (χ2v) is 7.52. The quantitative estimate of drug-likeness (QED) is 0.812. The van der Waals surface area contributed by atoms with Crippen LogP contribution in [0.4, 0.5) is 4.79 Å². The Morgan fingerprint density at radius 1 is 0.964 bits per heavy atom. The van der Waals surface area contributed by atoms with Crippen molar-refractivity contribution in [2.75, 3.05) is 20.2 Å². The van der Waals surface area contributed by atoms with Crippen molar-refractivity contribution >= 4 is 11.9 Å². The van der Waals surface area contributed by atoms with E-state index >= 15 is 0 Å². The molecule has 146 valence electrons. The molecule has 2 aliphatic heterocycles. The van der Waals surface area contributed by atoms with Crippen LogP contribution in [0.15, 0.2) is 54.6 Å². The molecule has 0 unspecified atom stereocenters. The maximum atomic E-state index is 13.1. The molecule has 0 bridgehead atoms. The van der Waals surface area contributed by atoms with Crippen LogP contribution in [0, 0.1) is 0 Å². The normalized spacial score (nSPS) is 19.1. The fourth-order valence-electron chi connectivity index (χ4n) is 4.05. The van der Waals surface area contributed by atoms with E-state index in [1.165, 1.54) is 10.5 Å². The molecule has 0 atom stereocenters. The third-order valence-corrected chi connectivity index (χ3v) is 5.68. The number of piperidine rings is 1. The lowest BCUT2D eigenvalue weighted by Gasteiger charge is -2.37. The van der Waals surface area contributed by atoms with E-state index < -0.39 is 5.54 Å². The van der Waals surface area contributed by atoms with Gasteiger partial charge in [0.15, 0.2) is 0 Å². The Morgan fingerprint density at radius 3 is 2.39 bits per heavy atom. The molecule has 28 heavy (non-hydrogen) atoms. The minimum Gasteiger partial charge on any atom is -0.497 e. The van der Waals surface area contributed by atoms with Gasteiger partial charge in [0.2, 0.25) is 0 Å². The van der Waals surface area contributed by atoms with Gasteiger partial charge in [-0.3, -0.25) is 14.6 Å². The maximum absolute atomic E-state index is 13.1. The summed E-state index contributed by atoms with van der Waals surface area (Å²) in [4.78, 5) is 29.3. The molecular weight excluding hydrogens is 354 g/mol. The molecule has 2 aliphatic rings. The molecular formula is C22H25N3O3. The average Bonchev–Trinajstić information content (AvgIpc) is 2.95. The van der Waals surface area contributed by atoms with E-state index in [0.29, 0.717) is 18.6 Å². The van der Waals surface area contributed by atoms with Crippen LogP contribution in [0.3, 0.4) is 0 Å². The summed E-state index contributed by atoms with van der Waals surface area (Å²) in [5.41, 5.74) is 1.38. The Labute approximate surface area is 165 Å². The lowest BCUT2D eigenvalue weighted by Crippen LogP contribution is -2.54. The SMILES string of the molecule is COc1cccc(CN2C(=O)NC3(CCN(Cc4ccccc4)CC3)C2=O)c1. The number of rotatable bonds is 5. The van der Waals surface area contributed by atoms with E-state index in [4.69, 9.17) is 4.74 Å². The van der Waals surface area contributed by atoms with E-state index in [9.17, 15) is 9.59 Å². The van der Waals surface area contributed by atoms with Crippen LogP contribution in [0.25, 0.3) is 0 Å². The summed E-state index contributed by atoms with van der Waals surface area (Å²) in [7, 11) is 1.60. The van der Waals surface area contributed by atoms with Gasteiger partial charge in [0.25, 0.3) is 5.91 Å². The second kappa shape index (κ2) is 7.64. The number of nitrogens with one attached hydrogen (secondary N) is 1. The van der Waals surface area contributed by atoms with Crippen LogP contribution < -0.4 is 10.1 Å². The first kappa shape index (κ1) is 18.5. The average molecular weight is 379 g/mol. The first-order valence-corrected chi connectivity index (χ1v) is 9.63. The number of benzene rings is 2. The smallest absolute Gasteiger partial charge is 0.325 e. The van der Waals surface area contributed by atoms with Crippen molar-refractivity contribution in [1.82, 2.24) is 15.1 Å². The first-order valence-electron chi connectivity index (χ1n) is 9.63. The summed E-state index contributed by atoms with van der Waals surface area (Å²) < 4.78 is 5.23. The summed E-state index contributed by atoms with van der Waals surface area (Å²) in [6, 6.07) is 17.5. The number of hydrogen-bond acceptors (Lipinski definition) is 4. The van der Waals surface area contributed by atoms with Gasteiger partial charge in [0, 0.05) is 19.6 Å². The van der Waals surface area contributed by atoms with Crippen LogP contribution in [-0.4, -0.2) is 47.5 Å². The molecule has 0 radical (unpaired) electrons. The topological polar surface area (TPSA) is 61.9 Å². The molecule has 4 rings (SSSR count). The Morgan fingerprint density at radius 2 is 1.68 bits per heavy atom. The highest BCUT2D eigenvalue weighted by Gasteiger charge is 2.52. The Bertz CT molecular complexity index is 860. The number of urea groups is 1. The molecule has 6 nitrogen and oxygen atoms in total. The fraction of sp³-hybridized carbons (Fsp3) is 0.364. The standard InChI is InChI=1S/C22H25N3O3/c1-28-19-9-5-8-18(14-19)16-25-20(26)22(23-21(25)27)10-12-24(13-11-22)15-17-6-3-2-4-7-17/h2-9,14H,10-13,15-16H2,1H3,(H,23,27). The van der Waals surface area contributed by atoms with Crippen LogP contribution >= 0.6 is 0 Å². The minimum absolute atomic E-state index is 0.111. The monoisotopic (exact) mass is 379 g/mol. The zero-order valence-electron chi connectivity index (χ0n) is 16.1. The first-order chi connectivity index (χ1) is 13.6. The van der Waals surface area contributed by atoms with E-state index in [0.717, 1.165) is 25.2 Å². The second-order valence-electron chi connectivity index (χ2n) is 7.52. The van der Waals surface area contributed by atoms with E-state index in [-0.39, 0.29) is 18.5 Å². The van der Waals surface area contributed by atoms with Crippen molar-refractivity contribution in [3.8, 4) is 5.75 Å². The van der Waals surface area contributed by atoms with Crippen molar-refractivity contribution in [3.05, 3.63) is 65.7 Å². The number of hydrogen-bond donors (Lipinski definition) is 1. The zero-order valence-corrected chi connectivity index (χ0v) is 16.1. The Hall–Kier alpha value is -2.86. The van der Waals surface area contributed by atoms with Crippen molar-refractivity contribution in [2.24, 2.45) is 0 Å². The highest BCUT2D eigenvalue weighted by atomic mass is 16.5. The van der Waals surface area contributed by atoms with Crippen molar-refractivity contribution in [3.63, 3.8) is 0 Å². The summed E-state index contributed by atoms with van der Waals surface area (Å²) in [6.45, 7) is 2.70. The van der Waals surface area contributed by atoms with Gasteiger partial charge in [-0.1, -0.05) is 42.5 Å². The molecule has 2 fully saturated rings. The lowest BCUT2D eigenvalue weighted by molar-refractivity contribution is -0.133. The van der Waals surface area contributed by atoms with Gasteiger partial charge in [0.1, 0.15) is 11.3 Å². The molecule has 1 spiro atoms. The van der Waals surface area contributed by atoms with Gasteiger partial charge in [-0.05, 0) is 36.1 Å². The van der Waals surface area contributed by atoms with Gasteiger partial charge in [-0.2, -0.15) is 0 Å². The van der Waals surface area contributed by atoms with E-state index in [1.807, 2.05) is 42.5 Å². The largest absolute Gasteiger partial charge is 0.497 e. The summed E-state index contributed by atoms with van der Waals surface area (Å²) in [5.74, 6) is 0.605. The molecule has 2 aromatic carbocycles. The molecule has 1 N–H and O–H groups in total. The zero-order chi connectivity index (χ0) is 19.6. The Kier molecular flexibility index (Phi) is 5.05. The highest BCUT2D eigenvalue weighted by molar-refractivity contribution is 6.07. The van der Waals surface area contributed by atoms with Crippen molar-refractivity contribution in [1.29, 1.82) is 0 Å². The minimum atomic E-state index is -0.761. The van der Waals surface area contributed by atoms with Gasteiger partial charge >= 0.3 is 6.03 Å². The predicted molar refractivity (Wildman–Crippen MR) is 106 cm³/mol. The van der Waals surface area contributed by atoms with Gasteiger partial charge in [0.05, 0.1) is 13.7 Å². The number of ether oxygens (including phenoxy) is 1. The molecule has 2 aromatic rings. The molecule has 0 aliphatic carbocycles. The third kappa shape index (κ3) is 3.60. The van der Waals surface area contributed by atoms with Crippen LogP contribution in [0.1, 0.15) is 24.0 Å². The molecule has 2 saturated heterocycles. The van der Waals surface area contributed by atoms with Crippen LogP contribution in [0.5, 0.6) is 5.75 Å². The number of amides is 3. The molecule has 3 amide bonds. The van der Waals surface area contributed by atoms with Crippen molar-refractivity contribution in [2.45, 2.75) is 31.5 Å². The number of imide groups is 1. The summed E-state index contributed by atoms with van der Waals surface area (Å²) in [5, 5.41) is 2.98. The number of methoxy groups -OCH3 is 1. The molecule has 2 heterocycles.